The SMILES string of the molecule is NC1C(Cl)=CC2=c3c1cccc3=CN(O)C2. The molecular formula is C12H11ClN2O. The molecule has 0 aromatic heterocycles. The molecule has 1 aliphatic heterocycles. The molecule has 0 radical (unpaired) electrons. The first-order chi connectivity index (χ1) is 7.66. The van der Waals surface area contributed by atoms with E-state index in [2.05, 4.69) is 0 Å². The van der Waals surface area contributed by atoms with Gasteiger partial charge in [-0.15, -0.1) is 0 Å². The lowest BCUT2D eigenvalue weighted by atomic mass is 9.92. The number of hydrogen-bond acceptors (Lipinski definition) is 3. The summed E-state index contributed by atoms with van der Waals surface area (Å²) in [7, 11) is 0. The maximum absolute atomic E-state index is 9.58. The minimum Gasteiger partial charge on any atom is -0.320 e. The van der Waals surface area contributed by atoms with Gasteiger partial charge in [0, 0.05) is 16.5 Å². The second-order valence-corrected chi connectivity index (χ2v) is 4.51. The van der Waals surface area contributed by atoms with Crippen LogP contribution in [0.3, 0.4) is 0 Å². The van der Waals surface area contributed by atoms with Crippen LogP contribution < -0.4 is 16.2 Å². The van der Waals surface area contributed by atoms with Crippen molar-refractivity contribution in [3.63, 3.8) is 0 Å². The highest BCUT2D eigenvalue weighted by Crippen LogP contribution is 2.25. The summed E-state index contributed by atoms with van der Waals surface area (Å²) in [4.78, 5) is 0. The van der Waals surface area contributed by atoms with Gasteiger partial charge in [-0.2, -0.15) is 0 Å². The Bertz CT molecular complexity index is 606. The first kappa shape index (κ1) is 9.90. The second kappa shape index (κ2) is 3.35. The maximum Gasteiger partial charge on any atom is 0.0703 e. The third-order valence-corrected chi connectivity index (χ3v) is 3.36. The van der Waals surface area contributed by atoms with Gasteiger partial charge in [0.15, 0.2) is 0 Å². The van der Waals surface area contributed by atoms with Crippen LogP contribution in [0.2, 0.25) is 0 Å². The van der Waals surface area contributed by atoms with E-state index in [1.54, 1.807) is 6.20 Å². The zero-order valence-corrected chi connectivity index (χ0v) is 9.28. The summed E-state index contributed by atoms with van der Waals surface area (Å²) in [6, 6.07) is 5.62. The van der Waals surface area contributed by atoms with Gasteiger partial charge in [0.25, 0.3) is 0 Å². The summed E-state index contributed by atoms with van der Waals surface area (Å²) in [5.74, 6) is 0. The van der Waals surface area contributed by atoms with Crippen molar-refractivity contribution in [2.45, 2.75) is 6.04 Å². The van der Waals surface area contributed by atoms with E-state index >= 15 is 0 Å². The Morgan fingerprint density at radius 3 is 3.06 bits per heavy atom. The minimum atomic E-state index is -0.251. The van der Waals surface area contributed by atoms with Gasteiger partial charge in [0.1, 0.15) is 0 Å². The topological polar surface area (TPSA) is 49.5 Å². The van der Waals surface area contributed by atoms with Gasteiger partial charge in [-0.05, 0) is 22.4 Å². The highest BCUT2D eigenvalue weighted by molar-refractivity contribution is 6.31. The monoisotopic (exact) mass is 234 g/mol. The predicted molar refractivity (Wildman–Crippen MR) is 62.9 cm³/mol. The molecule has 1 unspecified atom stereocenters. The van der Waals surface area contributed by atoms with E-state index in [-0.39, 0.29) is 6.04 Å². The molecule has 1 aliphatic carbocycles. The molecule has 1 aromatic rings. The van der Waals surface area contributed by atoms with Gasteiger partial charge in [-0.1, -0.05) is 29.8 Å². The summed E-state index contributed by atoms with van der Waals surface area (Å²) in [5, 5.41) is 13.5. The van der Waals surface area contributed by atoms with E-state index < -0.39 is 0 Å². The molecule has 0 spiro atoms. The largest absolute Gasteiger partial charge is 0.320 e. The van der Waals surface area contributed by atoms with E-state index in [0.29, 0.717) is 11.6 Å². The van der Waals surface area contributed by atoms with Crippen molar-refractivity contribution in [3.8, 4) is 0 Å². The van der Waals surface area contributed by atoms with Crippen LogP contribution in [-0.2, 0) is 0 Å². The molecule has 16 heavy (non-hydrogen) atoms. The molecule has 0 bridgehead atoms. The van der Waals surface area contributed by atoms with Crippen molar-refractivity contribution in [1.82, 2.24) is 5.06 Å². The fraction of sp³-hybridized carbons (Fsp3) is 0.167. The summed E-state index contributed by atoms with van der Waals surface area (Å²) >= 11 is 6.10. The number of hydrogen-bond donors (Lipinski definition) is 2. The van der Waals surface area contributed by atoms with Gasteiger partial charge >= 0.3 is 0 Å². The van der Waals surface area contributed by atoms with E-state index in [1.165, 1.54) is 5.06 Å². The van der Waals surface area contributed by atoms with Crippen LogP contribution in [-0.4, -0.2) is 16.8 Å². The molecular weight excluding hydrogens is 224 g/mol. The normalized spacial score (nSPS) is 22.4. The van der Waals surface area contributed by atoms with Crippen LogP contribution in [0.5, 0.6) is 0 Å². The Labute approximate surface area is 97.7 Å². The first-order valence-corrected chi connectivity index (χ1v) is 5.47. The molecule has 0 saturated carbocycles. The Morgan fingerprint density at radius 2 is 2.25 bits per heavy atom. The lowest BCUT2D eigenvalue weighted by Crippen LogP contribution is -2.42. The third kappa shape index (κ3) is 1.29. The lowest BCUT2D eigenvalue weighted by Gasteiger charge is -2.25. The first-order valence-electron chi connectivity index (χ1n) is 5.09. The second-order valence-electron chi connectivity index (χ2n) is 4.07. The molecule has 0 amide bonds. The van der Waals surface area contributed by atoms with E-state index in [0.717, 1.165) is 21.6 Å². The van der Waals surface area contributed by atoms with Crippen molar-refractivity contribution in [3.05, 3.63) is 45.3 Å². The fourth-order valence-electron chi connectivity index (χ4n) is 2.31. The molecule has 3 nitrogen and oxygen atoms in total. The molecule has 4 heteroatoms. The highest BCUT2D eigenvalue weighted by Gasteiger charge is 2.21. The number of hydroxylamine groups is 2. The van der Waals surface area contributed by atoms with Crippen LogP contribution in [0.4, 0.5) is 0 Å². The van der Waals surface area contributed by atoms with Crippen LogP contribution in [0.25, 0.3) is 11.8 Å². The van der Waals surface area contributed by atoms with Crippen molar-refractivity contribution < 1.29 is 5.21 Å². The summed E-state index contributed by atoms with van der Waals surface area (Å²) in [6.45, 7) is 0.451. The summed E-state index contributed by atoms with van der Waals surface area (Å²) in [5.41, 5.74) is 8.08. The number of rotatable bonds is 0. The van der Waals surface area contributed by atoms with Crippen LogP contribution in [0, 0.1) is 0 Å². The molecule has 82 valence electrons. The predicted octanol–water partition coefficient (Wildman–Crippen LogP) is 0.416. The zero-order chi connectivity index (χ0) is 11.3. The van der Waals surface area contributed by atoms with Crippen molar-refractivity contribution in [2.24, 2.45) is 5.73 Å². The molecule has 0 fully saturated rings. The molecule has 1 atom stereocenters. The molecule has 3 rings (SSSR count). The van der Waals surface area contributed by atoms with Crippen molar-refractivity contribution in [2.75, 3.05) is 6.54 Å². The van der Waals surface area contributed by atoms with Gasteiger partial charge in [-0.3, -0.25) is 10.3 Å². The third-order valence-electron chi connectivity index (χ3n) is 3.01. The number of nitrogens with zero attached hydrogens (tertiary/aromatic N) is 1. The Morgan fingerprint density at radius 1 is 1.44 bits per heavy atom. The Hall–Kier alpha value is -1.29. The molecule has 0 saturated heterocycles. The van der Waals surface area contributed by atoms with Crippen molar-refractivity contribution in [1.29, 1.82) is 0 Å². The number of nitrogens with two attached hydrogens (primary N) is 1. The molecule has 3 N–H and O–H groups in total. The Balaban J connectivity index is 2.45. The summed E-state index contributed by atoms with van der Waals surface area (Å²) in [6.07, 6.45) is 3.57. The number of halogens is 1. The van der Waals surface area contributed by atoms with Gasteiger partial charge in [-0.25, -0.2) is 0 Å². The Kier molecular flexibility index (Phi) is 2.07. The minimum absolute atomic E-state index is 0.251. The van der Waals surface area contributed by atoms with Crippen LogP contribution in [0.15, 0.2) is 29.3 Å². The van der Waals surface area contributed by atoms with Crippen LogP contribution >= 0.6 is 11.6 Å². The zero-order valence-electron chi connectivity index (χ0n) is 8.52. The fourth-order valence-corrected chi connectivity index (χ4v) is 2.56. The number of benzene rings is 1. The van der Waals surface area contributed by atoms with Crippen molar-refractivity contribution >= 4 is 23.4 Å². The van der Waals surface area contributed by atoms with E-state index in [1.807, 2.05) is 24.3 Å². The summed E-state index contributed by atoms with van der Waals surface area (Å²) < 4.78 is 0. The van der Waals surface area contributed by atoms with E-state index in [9.17, 15) is 5.21 Å². The molecule has 2 aliphatic rings. The maximum atomic E-state index is 9.58. The molecule has 1 aromatic carbocycles. The average Bonchev–Trinajstić information content (AvgIpc) is 2.25. The quantitative estimate of drug-likeness (QED) is 0.684. The smallest absolute Gasteiger partial charge is 0.0703 e. The standard InChI is InChI=1S/C12H11ClN2O/c13-10-4-8-6-15(16)5-7-2-1-3-9(11(7)8)12(10)14/h1-5,12,16H,6,14H2. The lowest BCUT2D eigenvalue weighted by molar-refractivity contribution is -0.00749. The highest BCUT2D eigenvalue weighted by atomic mass is 35.5. The van der Waals surface area contributed by atoms with E-state index in [4.69, 9.17) is 17.3 Å². The van der Waals surface area contributed by atoms with Gasteiger partial charge < -0.3 is 5.73 Å². The molecule has 1 heterocycles. The van der Waals surface area contributed by atoms with Gasteiger partial charge in [0.05, 0.1) is 12.6 Å². The van der Waals surface area contributed by atoms with Crippen LogP contribution in [0.1, 0.15) is 11.6 Å². The van der Waals surface area contributed by atoms with Gasteiger partial charge in [0.2, 0.25) is 0 Å². The average molecular weight is 235 g/mol.